The lowest BCUT2D eigenvalue weighted by Gasteiger charge is -2.35. The van der Waals surface area contributed by atoms with Gasteiger partial charge in [0.15, 0.2) is 0 Å². The third-order valence-corrected chi connectivity index (χ3v) is 4.99. The first-order chi connectivity index (χ1) is 12.3. The third kappa shape index (κ3) is 5.24. The molecule has 1 saturated heterocycles. The quantitative estimate of drug-likeness (QED) is 0.501. The van der Waals surface area contributed by atoms with Crippen LogP contribution in [0.4, 0.5) is 0 Å². The summed E-state index contributed by atoms with van der Waals surface area (Å²) in [5.41, 5.74) is 0.622. The van der Waals surface area contributed by atoms with Gasteiger partial charge in [0.05, 0.1) is 5.94 Å². The molecule has 1 heterocycles. The average Bonchev–Trinajstić information content (AvgIpc) is 2.62. The van der Waals surface area contributed by atoms with E-state index in [1.807, 2.05) is 0 Å². The van der Waals surface area contributed by atoms with Crippen molar-refractivity contribution in [2.45, 2.75) is 37.7 Å². The summed E-state index contributed by atoms with van der Waals surface area (Å²) < 4.78 is 0. The molecule has 1 aliphatic rings. The zero-order chi connectivity index (χ0) is 19.3. The van der Waals surface area contributed by atoms with Gasteiger partial charge in [0.2, 0.25) is 11.8 Å². The number of nitrogens with one attached hydrogen (secondary N) is 1. The molecule has 0 radical (unpaired) electrons. The summed E-state index contributed by atoms with van der Waals surface area (Å²) in [7, 11) is -1.78. The maximum Gasteiger partial charge on any atom is 0.475 e. The second-order valence-electron chi connectivity index (χ2n) is 6.22. The van der Waals surface area contributed by atoms with Crippen LogP contribution in [0, 0.1) is 0 Å². The molecule has 0 bridgehead atoms. The largest absolute Gasteiger partial charge is 0.475 e. The fourth-order valence-electron chi connectivity index (χ4n) is 3.02. The van der Waals surface area contributed by atoms with E-state index in [4.69, 9.17) is 23.2 Å². The van der Waals surface area contributed by atoms with Crippen molar-refractivity contribution in [1.29, 1.82) is 0 Å². The van der Waals surface area contributed by atoms with Crippen molar-refractivity contribution in [3.05, 3.63) is 46.5 Å². The lowest BCUT2D eigenvalue weighted by atomic mass is 9.75. The summed E-state index contributed by atoms with van der Waals surface area (Å²) in [4.78, 5) is 26.1. The Hall–Kier alpha value is -1.54. The van der Waals surface area contributed by atoms with E-state index in [-0.39, 0.29) is 12.3 Å². The first kappa shape index (κ1) is 20.8. The fourth-order valence-corrected chi connectivity index (χ4v) is 3.50. The zero-order valence-electron chi connectivity index (χ0n) is 14.2. The molecule has 140 valence electrons. The molecule has 2 rings (SSSR count). The predicted molar refractivity (Wildman–Crippen MR) is 102 cm³/mol. The molecule has 2 amide bonds. The maximum atomic E-state index is 12.7. The number of halogens is 2. The number of benzene rings is 1. The zero-order valence-corrected chi connectivity index (χ0v) is 15.7. The van der Waals surface area contributed by atoms with Gasteiger partial charge in [-0.25, -0.2) is 0 Å². The van der Waals surface area contributed by atoms with Crippen molar-refractivity contribution in [3.8, 4) is 0 Å². The number of nitrogens with zero attached hydrogens (tertiary/aromatic N) is 1. The molecule has 1 aromatic carbocycles. The third-order valence-electron chi connectivity index (χ3n) is 4.41. The summed E-state index contributed by atoms with van der Waals surface area (Å²) in [6.07, 6.45) is 3.44. The molecule has 1 aromatic rings. The highest BCUT2D eigenvalue weighted by Crippen LogP contribution is 2.23. The Morgan fingerprint density at radius 1 is 1.38 bits per heavy atom. The van der Waals surface area contributed by atoms with Crippen LogP contribution < -0.4 is 5.32 Å². The van der Waals surface area contributed by atoms with Crippen molar-refractivity contribution in [1.82, 2.24) is 10.2 Å². The smallest absolute Gasteiger partial charge is 0.426 e. The molecule has 0 spiro atoms. The van der Waals surface area contributed by atoms with Gasteiger partial charge in [0.25, 0.3) is 0 Å². The number of hydrogen-bond donors (Lipinski definition) is 3. The SMILES string of the molecule is C=CC(=O)N1CCCCC1C(=O)NC(Cc1ccc(Cl)cc1Cl)B(O)O. The second kappa shape index (κ2) is 9.42. The average molecular weight is 399 g/mol. The minimum atomic E-state index is -1.78. The Labute approximate surface area is 162 Å². The van der Waals surface area contributed by atoms with Gasteiger partial charge in [-0.15, -0.1) is 0 Å². The van der Waals surface area contributed by atoms with Crippen LogP contribution in [0.25, 0.3) is 0 Å². The van der Waals surface area contributed by atoms with E-state index in [1.54, 1.807) is 18.2 Å². The predicted octanol–water partition coefficient (Wildman–Crippen LogP) is 1.60. The minimum Gasteiger partial charge on any atom is -0.426 e. The van der Waals surface area contributed by atoms with E-state index < -0.39 is 25.0 Å². The summed E-state index contributed by atoms with van der Waals surface area (Å²) in [5.74, 6) is -1.71. The molecular formula is C17H21BCl2N2O4. The van der Waals surface area contributed by atoms with E-state index in [1.165, 1.54) is 11.0 Å². The van der Waals surface area contributed by atoms with Crippen molar-refractivity contribution in [3.63, 3.8) is 0 Å². The van der Waals surface area contributed by atoms with Gasteiger partial charge in [-0.05, 0) is 49.5 Å². The van der Waals surface area contributed by atoms with Gasteiger partial charge < -0.3 is 20.3 Å². The van der Waals surface area contributed by atoms with Gasteiger partial charge in [-0.3, -0.25) is 9.59 Å². The van der Waals surface area contributed by atoms with Gasteiger partial charge in [-0.2, -0.15) is 0 Å². The molecule has 1 aliphatic heterocycles. The van der Waals surface area contributed by atoms with Crippen LogP contribution in [0.2, 0.25) is 10.0 Å². The standard InChI is InChI=1S/C17H21BCl2N2O4/c1-2-16(23)22-8-4-3-5-14(22)17(24)21-15(18(25)26)9-11-6-7-12(19)10-13(11)20/h2,6-7,10,14-15,25-26H,1,3-5,8-9H2,(H,21,24). The number of carbonyl (C=O) groups is 2. The molecule has 2 atom stereocenters. The highest BCUT2D eigenvalue weighted by molar-refractivity contribution is 6.44. The number of amides is 2. The van der Waals surface area contributed by atoms with E-state index in [0.29, 0.717) is 28.6 Å². The van der Waals surface area contributed by atoms with Crippen LogP contribution in [0.1, 0.15) is 24.8 Å². The van der Waals surface area contributed by atoms with Crippen molar-refractivity contribution in [2.75, 3.05) is 6.54 Å². The lowest BCUT2D eigenvalue weighted by molar-refractivity contribution is -0.139. The van der Waals surface area contributed by atoms with Crippen LogP contribution in [0.15, 0.2) is 30.9 Å². The molecule has 0 aliphatic carbocycles. The summed E-state index contributed by atoms with van der Waals surface area (Å²) >= 11 is 12.0. The van der Waals surface area contributed by atoms with E-state index >= 15 is 0 Å². The number of piperidine rings is 1. The number of likely N-dealkylation sites (tertiary alicyclic amines) is 1. The summed E-state index contributed by atoms with van der Waals surface area (Å²) in [6.45, 7) is 3.93. The molecule has 0 saturated carbocycles. The van der Waals surface area contributed by atoms with Crippen LogP contribution in [-0.2, 0) is 16.0 Å². The monoisotopic (exact) mass is 398 g/mol. The highest BCUT2D eigenvalue weighted by Gasteiger charge is 2.34. The van der Waals surface area contributed by atoms with Crippen molar-refractivity contribution >= 4 is 42.1 Å². The van der Waals surface area contributed by atoms with Crippen LogP contribution in [0.3, 0.4) is 0 Å². The highest BCUT2D eigenvalue weighted by atomic mass is 35.5. The normalized spacial score (nSPS) is 18.2. The van der Waals surface area contributed by atoms with Crippen LogP contribution in [0.5, 0.6) is 0 Å². The summed E-state index contributed by atoms with van der Waals surface area (Å²) in [6, 6.07) is 4.19. The van der Waals surface area contributed by atoms with Gasteiger partial charge in [0, 0.05) is 16.6 Å². The van der Waals surface area contributed by atoms with Crippen molar-refractivity contribution < 1.29 is 19.6 Å². The Morgan fingerprint density at radius 3 is 2.73 bits per heavy atom. The topological polar surface area (TPSA) is 89.9 Å². The number of hydrogen-bond acceptors (Lipinski definition) is 4. The Bertz CT molecular complexity index is 687. The van der Waals surface area contributed by atoms with Gasteiger partial charge in [0.1, 0.15) is 6.04 Å². The summed E-state index contributed by atoms with van der Waals surface area (Å²) in [5, 5.41) is 22.8. The maximum absolute atomic E-state index is 12.7. The van der Waals surface area contributed by atoms with Gasteiger partial charge >= 0.3 is 7.12 Å². The first-order valence-corrected chi connectivity index (χ1v) is 9.12. The van der Waals surface area contributed by atoms with Crippen LogP contribution in [-0.4, -0.2) is 52.4 Å². The first-order valence-electron chi connectivity index (χ1n) is 8.37. The van der Waals surface area contributed by atoms with E-state index in [0.717, 1.165) is 12.8 Å². The Morgan fingerprint density at radius 2 is 2.12 bits per heavy atom. The van der Waals surface area contributed by atoms with E-state index in [2.05, 4.69) is 11.9 Å². The molecule has 9 heteroatoms. The molecule has 6 nitrogen and oxygen atoms in total. The molecule has 26 heavy (non-hydrogen) atoms. The molecule has 2 unspecified atom stereocenters. The minimum absolute atomic E-state index is 0.113. The fraction of sp³-hybridized carbons (Fsp3) is 0.412. The number of rotatable bonds is 6. The number of carbonyl (C=O) groups excluding carboxylic acids is 2. The molecular weight excluding hydrogens is 378 g/mol. The van der Waals surface area contributed by atoms with E-state index in [9.17, 15) is 19.6 Å². The van der Waals surface area contributed by atoms with Crippen molar-refractivity contribution in [2.24, 2.45) is 0 Å². The lowest BCUT2D eigenvalue weighted by Crippen LogP contribution is -2.56. The Kier molecular flexibility index (Phi) is 7.52. The van der Waals surface area contributed by atoms with Crippen LogP contribution >= 0.6 is 23.2 Å². The van der Waals surface area contributed by atoms with Gasteiger partial charge in [-0.1, -0.05) is 35.8 Å². The molecule has 0 aromatic heterocycles. The molecule has 1 fully saturated rings. The second-order valence-corrected chi connectivity index (χ2v) is 7.06. The Balaban J connectivity index is 2.11. The molecule has 3 N–H and O–H groups in total.